The zero-order valence-electron chi connectivity index (χ0n) is 15.2. The van der Waals surface area contributed by atoms with Gasteiger partial charge in [0.25, 0.3) is 0 Å². The smallest absolute Gasteiger partial charge is 0.310 e. The van der Waals surface area contributed by atoms with Gasteiger partial charge in [-0.1, -0.05) is 0 Å². The molecular formula is C18H29N3O3. The van der Waals surface area contributed by atoms with Crippen LogP contribution in [-0.4, -0.2) is 43.1 Å². The number of carbonyl (C=O) groups is 1. The minimum absolute atomic E-state index is 0.0690. The topological polar surface area (TPSA) is 67.1 Å². The van der Waals surface area contributed by atoms with Crippen molar-refractivity contribution in [3.05, 3.63) is 23.2 Å². The molecule has 0 amide bonds. The molecule has 24 heavy (non-hydrogen) atoms. The normalized spacial score (nSPS) is 18.6. The summed E-state index contributed by atoms with van der Waals surface area (Å²) in [5.74, 6) is 2.50. The molecule has 6 heteroatoms. The van der Waals surface area contributed by atoms with Gasteiger partial charge in [0.1, 0.15) is 11.5 Å². The summed E-state index contributed by atoms with van der Waals surface area (Å²) in [6, 6.07) is 2.03. The molecule has 1 aromatic rings. The zero-order chi connectivity index (χ0) is 17.5. The second kappa shape index (κ2) is 8.76. The first-order valence-corrected chi connectivity index (χ1v) is 8.80. The van der Waals surface area contributed by atoms with Crippen LogP contribution in [0.1, 0.15) is 43.8 Å². The van der Waals surface area contributed by atoms with Crippen LogP contribution in [0.3, 0.4) is 0 Å². The molecule has 2 heterocycles. The number of rotatable bonds is 5. The summed E-state index contributed by atoms with van der Waals surface area (Å²) in [5, 5.41) is 3.33. The Kier molecular flexibility index (Phi) is 6.70. The fourth-order valence-corrected chi connectivity index (χ4v) is 3.05. The van der Waals surface area contributed by atoms with E-state index in [0.717, 1.165) is 49.0 Å². The molecule has 6 nitrogen and oxygen atoms in total. The number of nitrogens with zero attached hydrogens (tertiary/aromatic N) is 2. The van der Waals surface area contributed by atoms with Crippen molar-refractivity contribution >= 4 is 11.9 Å². The van der Waals surface area contributed by atoms with Crippen molar-refractivity contribution in [2.75, 3.05) is 26.2 Å². The van der Waals surface area contributed by atoms with E-state index in [1.54, 1.807) is 0 Å². The number of likely N-dealkylation sites (tertiary alicyclic amines) is 1. The molecule has 1 fully saturated rings. The predicted molar refractivity (Wildman–Crippen MR) is 93.9 cm³/mol. The summed E-state index contributed by atoms with van der Waals surface area (Å²) in [7, 11) is 0. The van der Waals surface area contributed by atoms with Crippen molar-refractivity contribution in [3.63, 3.8) is 0 Å². The van der Waals surface area contributed by atoms with E-state index >= 15 is 0 Å². The predicted octanol–water partition coefficient (Wildman–Crippen LogP) is 2.64. The lowest BCUT2D eigenvalue weighted by Crippen LogP contribution is -2.48. The first-order valence-electron chi connectivity index (χ1n) is 8.80. The first-order chi connectivity index (χ1) is 11.5. The average Bonchev–Trinajstić information content (AvgIpc) is 2.89. The number of hydrogen-bond donors (Lipinski definition) is 1. The van der Waals surface area contributed by atoms with Crippen LogP contribution in [0.15, 0.2) is 15.5 Å². The summed E-state index contributed by atoms with van der Waals surface area (Å²) in [6.45, 7) is 11.2. The minimum atomic E-state index is -0.0978. The minimum Gasteiger partial charge on any atom is -0.466 e. The van der Waals surface area contributed by atoms with Gasteiger partial charge in [0.05, 0.1) is 19.1 Å². The molecular weight excluding hydrogens is 306 g/mol. The Morgan fingerprint density at radius 1 is 1.46 bits per heavy atom. The Morgan fingerprint density at radius 3 is 2.88 bits per heavy atom. The van der Waals surface area contributed by atoms with Crippen LogP contribution in [0.2, 0.25) is 0 Å². The molecule has 0 radical (unpaired) electrons. The number of guanidine groups is 1. The molecule has 0 saturated carbocycles. The van der Waals surface area contributed by atoms with E-state index < -0.39 is 0 Å². The quantitative estimate of drug-likeness (QED) is 0.509. The number of hydrogen-bond acceptors (Lipinski definition) is 4. The number of esters is 1. The van der Waals surface area contributed by atoms with Gasteiger partial charge in [-0.3, -0.25) is 4.79 Å². The van der Waals surface area contributed by atoms with Gasteiger partial charge in [-0.15, -0.1) is 0 Å². The maximum Gasteiger partial charge on any atom is 0.310 e. The molecule has 1 N–H and O–H groups in total. The molecule has 1 unspecified atom stereocenters. The van der Waals surface area contributed by atoms with Crippen molar-refractivity contribution in [1.82, 2.24) is 10.2 Å². The number of aryl methyl sites for hydroxylation is 2. The molecule has 0 spiro atoms. The van der Waals surface area contributed by atoms with E-state index in [4.69, 9.17) is 14.1 Å². The Balaban J connectivity index is 2.06. The van der Waals surface area contributed by atoms with Crippen LogP contribution >= 0.6 is 0 Å². The summed E-state index contributed by atoms with van der Waals surface area (Å²) >= 11 is 0. The Morgan fingerprint density at radius 2 is 2.25 bits per heavy atom. The van der Waals surface area contributed by atoms with Crippen LogP contribution in [0.5, 0.6) is 0 Å². The highest BCUT2D eigenvalue weighted by Crippen LogP contribution is 2.19. The molecule has 1 atom stereocenters. The van der Waals surface area contributed by atoms with Gasteiger partial charge in [-0.25, -0.2) is 4.99 Å². The fraction of sp³-hybridized carbons (Fsp3) is 0.667. The number of aliphatic imine (C=N–C) groups is 1. The van der Waals surface area contributed by atoms with E-state index in [2.05, 4.69) is 17.1 Å². The van der Waals surface area contributed by atoms with Gasteiger partial charge in [-0.2, -0.15) is 0 Å². The fourth-order valence-electron chi connectivity index (χ4n) is 3.05. The average molecular weight is 335 g/mol. The highest BCUT2D eigenvalue weighted by atomic mass is 16.5. The van der Waals surface area contributed by atoms with Gasteiger partial charge in [0.2, 0.25) is 0 Å². The number of nitrogens with one attached hydrogen (secondary N) is 1. The largest absolute Gasteiger partial charge is 0.466 e. The van der Waals surface area contributed by atoms with Gasteiger partial charge in [0.15, 0.2) is 5.96 Å². The first kappa shape index (κ1) is 18.4. The highest BCUT2D eigenvalue weighted by molar-refractivity contribution is 5.81. The maximum absolute atomic E-state index is 12.0. The van der Waals surface area contributed by atoms with E-state index in [0.29, 0.717) is 19.7 Å². The third kappa shape index (κ3) is 4.76. The third-order valence-electron chi connectivity index (χ3n) is 4.22. The molecule has 0 aromatic carbocycles. The number of ether oxygens (including phenoxy) is 1. The molecule has 0 bridgehead atoms. The van der Waals surface area contributed by atoms with E-state index in [1.807, 2.05) is 26.8 Å². The molecule has 134 valence electrons. The summed E-state index contributed by atoms with van der Waals surface area (Å²) in [5.41, 5.74) is 1.10. The molecule has 2 rings (SSSR count). The summed E-state index contributed by atoms with van der Waals surface area (Å²) < 4.78 is 10.7. The molecule has 1 saturated heterocycles. The van der Waals surface area contributed by atoms with Crippen LogP contribution < -0.4 is 5.32 Å². The third-order valence-corrected chi connectivity index (χ3v) is 4.22. The summed E-state index contributed by atoms with van der Waals surface area (Å²) in [4.78, 5) is 18.9. The van der Waals surface area contributed by atoms with E-state index in [9.17, 15) is 4.79 Å². The van der Waals surface area contributed by atoms with Crippen LogP contribution in [0, 0.1) is 19.8 Å². The van der Waals surface area contributed by atoms with Gasteiger partial charge < -0.3 is 19.4 Å². The second-order valence-electron chi connectivity index (χ2n) is 6.15. The SMILES string of the molecule is CCNC(=NCc1cc(C)oc1C)N1CCCC(C(=O)OCC)C1. The van der Waals surface area contributed by atoms with Crippen molar-refractivity contribution in [2.24, 2.45) is 10.9 Å². The van der Waals surface area contributed by atoms with Crippen molar-refractivity contribution in [3.8, 4) is 0 Å². The van der Waals surface area contributed by atoms with E-state index in [1.165, 1.54) is 0 Å². The Hall–Kier alpha value is -1.98. The molecule has 1 aliphatic heterocycles. The number of carbonyl (C=O) groups excluding carboxylic acids is 1. The maximum atomic E-state index is 12.0. The van der Waals surface area contributed by atoms with Gasteiger partial charge in [-0.05, 0) is 46.6 Å². The Labute approximate surface area is 144 Å². The van der Waals surface area contributed by atoms with Crippen LogP contribution in [0.25, 0.3) is 0 Å². The molecule has 1 aromatic heterocycles. The lowest BCUT2D eigenvalue weighted by Gasteiger charge is -2.34. The number of piperidine rings is 1. The van der Waals surface area contributed by atoms with Crippen molar-refractivity contribution < 1.29 is 13.9 Å². The zero-order valence-corrected chi connectivity index (χ0v) is 15.2. The highest BCUT2D eigenvalue weighted by Gasteiger charge is 2.28. The molecule has 1 aliphatic rings. The van der Waals surface area contributed by atoms with Crippen LogP contribution in [-0.2, 0) is 16.1 Å². The Bertz CT molecular complexity index is 580. The van der Waals surface area contributed by atoms with Gasteiger partial charge >= 0.3 is 5.97 Å². The van der Waals surface area contributed by atoms with Crippen LogP contribution in [0.4, 0.5) is 0 Å². The van der Waals surface area contributed by atoms with E-state index in [-0.39, 0.29) is 11.9 Å². The second-order valence-corrected chi connectivity index (χ2v) is 6.15. The standard InChI is InChI=1S/C18H29N3O3/c1-5-19-18(20-11-16-10-13(3)24-14(16)4)21-9-7-8-15(12-21)17(22)23-6-2/h10,15H,5-9,11-12H2,1-4H3,(H,19,20). The van der Waals surface area contributed by atoms with Crippen molar-refractivity contribution in [2.45, 2.75) is 47.1 Å². The van der Waals surface area contributed by atoms with Crippen molar-refractivity contribution in [1.29, 1.82) is 0 Å². The summed E-state index contributed by atoms with van der Waals surface area (Å²) in [6.07, 6.45) is 1.85. The number of furan rings is 1. The lowest BCUT2D eigenvalue weighted by atomic mass is 9.98. The van der Waals surface area contributed by atoms with Gasteiger partial charge in [0, 0.05) is 25.2 Å². The molecule has 0 aliphatic carbocycles. The lowest BCUT2D eigenvalue weighted by molar-refractivity contribution is -0.149. The monoisotopic (exact) mass is 335 g/mol.